The van der Waals surface area contributed by atoms with Gasteiger partial charge >= 0.3 is 0 Å². The first-order chi connectivity index (χ1) is 9.55. The molecule has 0 radical (unpaired) electrons. The van der Waals surface area contributed by atoms with Gasteiger partial charge in [-0.3, -0.25) is 9.59 Å². The summed E-state index contributed by atoms with van der Waals surface area (Å²) in [5, 5.41) is 2.82. The number of carbonyl (C=O) groups excluding carboxylic acids is 2. The molecule has 1 aliphatic rings. The van der Waals surface area contributed by atoms with Crippen LogP contribution in [0.5, 0.6) is 0 Å². The highest BCUT2D eigenvalue weighted by Crippen LogP contribution is 2.21. The lowest BCUT2D eigenvalue weighted by molar-refractivity contribution is -0.146. The van der Waals surface area contributed by atoms with Crippen molar-refractivity contribution in [2.75, 3.05) is 6.54 Å². The summed E-state index contributed by atoms with van der Waals surface area (Å²) in [4.78, 5) is 28.4. The number of hydrogen-bond donors (Lipinski definition) is 1. The normalized spacial score (nSPS) is 20.9. The van der Waals surface area contributed by atoms with Gasteiger partial charge in [-0.25, -0.2) is 0 Å². The minimum absolute atomic E-state index is 0.0467. The van der Waals surface area contributed by atoms with Crippen LogP contribution in [0.2, 0.25) is 0 Å². The molecular formula is C15H22N2O2S. The lowest BCUT2D eigenvalue weighted by Crippen LogP contribution is -2.59. The van der Waals surface area contributed by atoms with Crippen molar-refractivity contribution >= 4 is 23.2 Å². The average Bonchev–Trinajstić information content (AvgIpc) is 2.89. The van der Waals surface area contributed by atoms with Crippen LogP contribution in [0.1, 0.15) is 36.9 Å². The van der Waals surface area contributed by atoms with Gasteiger partial charge in [0.2, 0.25) is 11.8 Å². The number of hydrogen-bond acceptors (Lipinski definition) is 3. The van der Waals surface area contributed by atoms with Gasteiger partial charge in [-0.1, -0.05) is 27.2 Å². The minimum atomic E-state index is -0.369. The van der Waals surface area contributed by atoms with Gasteiger partial charge in [0, 0.05) is 9.75 Å². The molecule has 2 heterocycles. The van der Waals surface area contributed by atoms with Crippen molar-refractivity contribution in [3.63, 3.8) is 0 Å². The number of carbonyl (C=O) groups is 2. The molecule has 20 heavy (non-hydrogen) atoms. The maximum Gasteiger partial charge on any atom is 0.246 e. The second-order valence-corrected chi connectivity index (χ2v) is 6.60. The summed E-state index contributed by atoms with van der Waals surface area (Å²) in [6.45, 7) is 6.88. The summed E-state index contributed by atoms with van der Waals surface area (Å²) in [6, 6.07) is 3.79. The van der Waals surface area contributed by atoms with E-state index in [0.29, 0.717) is 6.54 Å². The molecule has 1 aliphatic heterocycles. The van der Waals surface area contributed by atoms with Crippen molar-refractivity contribution in [1.82, 2.24) is 10.2 Å². The first-order valence-corrected chi connectivity index (χ1v) is 8.02. The van der Waals surface area contributed by atoms with Crippen LogP contribution in [-0.4, -0.2) is 29.3 Å². The molecule has 0 aromatic carbocycles. The van der Waals surface area contributed by atoms with E-state index in [1.54, 1.807) is 16.2 Å². The third kappa shape index (κ3) is 3.20. The molecule has 1 N–H and O–H groups in total. The Morgan fingerprint density at radius 3 is 2.65 bits per heavy atom. The highest BCUT2D eigenvalue weighted by Gasteiger charge is 2.35. The van der Waals surface area contributed by atoms with E-state index in [1.165, 1.54) is 4.88 Å². The maximum atomic E-state index is 12.5. The van der Waals surface area contributed by atoms with E-state index in [0.717, 1.165) is 17.7 Å². The van der Waals surface area contributed by atoms with Gasteiger partial charge in [-0.15, -0.1) is 11.3 Å². The Hall–Kier alpha value is -1.36. The van der Waals surface area contributed by atoms with Gasteiger partial charge in [-0.2, -0.15) is 0 Å². The van der Waals surface area contributed by atoms with Crippen LogP contribution in [0.25, 0.3) is 0 Å². The monoisotopic (exact) mass is 294 g/mol. The van der Waals surface area contributed by atoms with Crippen LogP contribution in [0.3, 0.4) is 0 Å². The van der Waals surface area contributed by atoms with Gasteiger partial charge in [0.15, 0.2) is 0 Å². The first-order valence-electron chi connectivity index (χ1n) is 7.20. The Labute approximate surface area is 124 Å². The van der Waals surface area contributed by atoms with Crippen LogP contribution in [-0.2, 0) is 22.6 Å². The minimum Gasteiger partial charge on any atom is -0.342 e. The zero-order chi connectivity index (χ0) is 14.7. The summed E-state index contributed by atoms with van der Waals surface area (Å²) in [5.74, 6) is 0.163. The molecule has 2 unspecified atom stereocenters. The fraction of sp³-hybridized carbons (Fsp3) is 0.600. The number of aryl methyl sites for hydroxylation is 1. The highest BCUT2D eigenvalue weighted by molar-refractivity contribution is 7.11. The lowest BCUT2D eigenvalue weighted by Gasteiger charge is -2.34. The predicted molar refractivity (Wildman–Crippen MR) is 80.5 cm³/mol. The largest absolute Gasteiger partial charge is 0.342 e. The summed E-state index contributed by atoms with van der Waals surface area (Å²) >= 11 is 1.72. The van der Waals surface area contributed by atoms with Crippen molar-refractivity contribution in [3.8, 4) is 0 Å². The number of amides is 2. The van der Waals surface area contributed by atoms with Crippen LogP contribution < -0.4 is 5.32 Å². The molecule has 0 bridgehead atoms. The SMILES string of the molecule is CCc1ccc(CN2CC(=O)NC(C(C)CC)C2=O)s1. The van der Waals surface area contributed by atoms with E-state index < -0.39 is 0 Å². The summed E-state index contributed by atoms with van der Waals surface area (Å²) in [6.07, 6.45) is 1.89. The topological polar surface area (TPSA) is 49.4 Å². The molecule has 1 saturated heterocycles. The van der Waals surface area contributed by atoms with E-state index in [-0.39, 0.29) is 30.3 Å². The predicted octanol–water partition coefficient (Wildman–Crippen LogP) is 2.18. The Morgan fingerprint density at radius 2 is 2.05 bits per heavy atom. The number of piperazine rings is 1. The van der Waals surface area contributed by atoms with Gasteiger partial charge in [-0.05, 0) is 24.5 Å². The molecule has 0 spiro atoms. The highest BCUT2D eigenvalue weighted by atomic mass is 32.1. The molecule has 2 amide bonds. The Balaban J connectivity index is 2.09. The summed E-state index contributed by atoms with van der Waals surface area (Å²) in [7, 11) is 0. The van der Waals surface area contributed by atoms with Gasteiger partial charge < -0.3 is 10.2 Å². The summed E-state index contributed by atoms with van der Waals surface area (Å²) in [5.41, 5.74) is 0. The van der Waals surface area contributed by atoms with E-state index in [4.69, 9.17) is 0 Å². The van der Waals surface area contributed by atoms with Gasteiger partial charge in [0.05, 0.1) is 13.1 Å². The average molecular weight is 294 g/mol. The molecule has 1 fully saturated rings. The number of thiophene rings is 1. The van der Waals surface area contributed by atoms with Crippen molar-refractivity contribution in [2.45, 2.75) is 46.2 Å². The molecule has 5 heteroatoms. The molecule has 2 atom stereocenters. The smallest absolute Gasteiger partial charge is 0.246 e. The van der Waals surface area contributed by atoms with Crippen LogP contribution in [0.15, 0.2) is 12.1 Å². The van der Waals surface area contributed by atoms with Gasteiger partial charge in [0.25, 0.3) is 0 Å². The zero-order valence-corrected chi connectivity index (χ0v) is 13.1. The second-order valence-electron chi connectivity index (χ2n) is 5.35. The third-order valence-electron chi connectivity index (χ3n) is 3.85. The second kappa shape index (κ2) is 6.39. The lowest BCUT2D eigenvalue weighted by atomic mass is 9.96. The Bertz CT molecular complexity index is 498. The molecule has 110 valence electrons. The van der Waals surface area contributed by atoms with Crippen LogP contribution in [0.4, 0.5) is 0 Å². The van der Waals surface area contributed by atoms with Crippen molar-refractivity contribution in [3.05, 3.63) is 21.9 Å². The summed E-state index contributed by atoms with van der Waals surface area (Å²) < 4.78 is 0. The number of rotatable bonds is 5. The molecular weight excluding hydrogens is 272 g/mol. The van der Waals surface area contributed by atoms with E-state index in [1.807, 2.05) is 13.8 Å². The first kappa shape index (κ1) is 15.0. The van der Waals surface area contributed by atoms with E-state index in [9.17, 15) is 9.59 Å². The Kier molecular flexibility index (Phi) is 4.81. The standard InChI is InChI=1S/C15H22N2O2S/c1-4-10(3)14-15(19)17(9-13(18)16-14)8-12-7-6-11(5-2)20-12/h6-7,10,14H,4-5,8-9H2,1-3H3,(H,16,18). The van der Waals surface area contributed by atoms with E-state index >= 15 is 0 Å². The fourth-order valence-corrected chi connectivity index (χ4v) is 3.34. The number of nitrogens with one attached hydrogen (secondary N) is 1. The van der Waals surface area contributed by atoms with Crippen LogP contribution >= 0.6 is 11.3 Å². The van der Waals surface area contributed by atoms with Crippen molar-refractivity contribution in [1.29, 1.82) is 0 Å². The van der Waals surface area contributed by atoms with Crippen molar-refractivity contribution in [2.24, 2.45) is 5.92 Å². The van der Waals surface area contributed by atoms with Crippen LogP contribution in [0, 0.1) is 5.92 Å². The zero-order valence-electron chi connectivity index (χ0n) is 12.3. The molecule has 2 rings (SSSR count). The maximum absolute atomic E-state index is 12.5. The van der Waals surface area contributed by atoms with E-state index in [2.05, 4.69) is 24.4 Å². The van der Waals surface area contributed by atoms with Gasteiger partial charge in [0.1, 0.15) is 6.04 Å². The fourth-order valence-electron chi connectivity index (χ4n) is 2.37. The molecule has 0 saturated carbocycles. The molecule has 1 aromatic heterocycles. The Morgan fingerprint density at radius 1 is 1.35 bits per heavy atom. The molecule has 4 nitrogen and oxygen atoms in total. The molecule has 0 aliphatic carbocycles. The number of nitrogens with zero attached hydrogens (tertiary/aromatic N) is 1. The quantitative estimate of drug-likeness (QED) is 0.905. The molecule has 1 aromatic rings. The van der Waals surface area contributed by atoms with Crippen molar-refractivity contribution < 1.29 is 9.59 Å². The third-order valence-corrected chi connectivity index (χ3v) is 5.07.